The molecular formula is C12H19N3O. The van der Waals surface area contributed by atoms with Gasteiger partial charge in [0.2, 0.25) is 0 Å². The van der Waals surface area contributed by atoms with Crippen LogP contribution in [0.2, 0.25) is 0 Å². The first-order valence-electron chi connectivity index (χ1n) is 5.62. The van der Waals surface area contributed by atoms with Crippen molar-refractivity contribution in [3.8, 4) is 0 Å². The Balaban J connectivity index is 2.11. The van der Waals surface area contributed by atoms with Gasteiger partial charge in [-0.1, -0.05) is 0 Å². The molecule has 4 nitrogen and oxygen atoms in total. The lowest BCUT2D eigenvalue weighted by molar-refractivity contribution is 0.145. The van der Waals surface area contributed by atoms with Crippen LogP contribution in [0, 0.1) is 0 Å². The van der Waals surface area contributed by atoms with Crippen molar-refractivity contribution in [1.82, 2.24) is 4.90 Å². The average Bonchev–Trinajstić information content (AvgIpc) is 2.41. The first kappa shape index (κ1) is 11.2. The van der Waals surface area contributed by atoms with Gasteiger partial charge in [0.05, 0.1) is 6.10 Å². The first-order chi connectivity index (χ1) is 7.65. The van der Waals surface area contributed by atoms with Gasteiger partial charge in [0.25, 0.3) is 0 Å². The molecule has 3 N–H and O–H groups in total. The van der Waals surface area contributed by atoms with Crippen molar-refractivity contribution < 1.29 is 5.11 Å². The second-order valence-electron chi connectivity index (χ2n) is 4.45. The topological polar surface area (TPSA) is 52.7 Å². The average molecular weight is 221 g/mol. The summed E-state index contributed by atoms with van der Waals surface area (Å²) >= 11 is 0. The second-order valence-corrected chi connectivity index (χ2v) is 4.45. The van der Waals surface area contributed by atoms with Crippen LogP contribution in [0.3, 0.4) is 0 Å². The number of benzene rings is 1. The van der Waals surface area contributed by atoms with E-state index < -0.39 is 0 Å². The van der Waals surface area contributed by atoms with Crippen LogP contribution >= 0.6 is 0 Å². The molecule has 2 rings (SSSR count). The molecule has 1 heterocycles. The fourth-order valence-electron chi connectivity index (χ4n) is 2.07. The lowest BCUT2D eigenvalue weighted by Gasteiger charge is -2.24. The number of likely N-dealkylation sites (N-methyl/N-ethyl adjacent to an activating group) is 1. The highest BCUT2D eigenvalue weighted by Crippen LogP contribution is 2.17. The van der Waals surface area contributed by atoms with Crippen molar-refractivity contribution in [2.24, 2.45) is 0 Å². The van der Waals surface area contributed by atoms with E-state index in [9.17, 15) is 5.11 Å². The summed E-state index contributed by atoms with van der Waals surface area (Å²) in [6.45, 7) is 3.35. The SMILES string of the molecule is CN1CCN(c2ccc(N)cc2)CC(O)C1. The number of nitrogens with two attached hydrogens (primary N) is 1. The quantitative estimate of drug-likeness (QED) is 0.673. The van der Waals surface area contributed by atoms with E-state index in [1.807, 2.05) is 31.3 Å². The number of nitrogens with zero attached hydrogens (tertiary/aromatic N) is 2. The van der Waals surface area contributed by atoms with Crippen LogP contribution in [-0.4, -0.2) is 49.3 Å². The van der Waals surface area contributed by atoms with E-state index in [4.69, 9.17) is 5.73 Å². The molecule has 0 spiro atoms. The molecule has 0 aromatic heterocycles. The molecule has 0 bridgehead atoms. The molecule has 0 saturated carbocycles. The molecule has 0 radical (unpaired) electrons. The number of aliphatic hydroxyl groups is 1. The van der Waals surface area contributed by atoms with Crippen LogP contribution in [0.25, 0.3) is 0 Å². The zero-order valence-electron chi connectivity index (χ0n) is 9.63. The highest BCUT2D eigenvalue weighted by atomic mass is 16.3. The number of aliphatic hydroxyl groups excluding tert-OH is 1. The molecule has 1 unspecified atom stereocenters. The molecule has 16 heavy (non-hydrogen) atoms. The molecule has 1 saturated heterocycles. The Kier molecular flexibility index (Phi) is 3.31. The third kappa shape index (κ3) is 2.65. The van der Waals surface area contributed by atoms with Gasteiger partial charge >= 0.3 is 0 Å². The largest absolute Gasteiger partial charge is 0.399 e. The van der Waals surface area contributed by atoms with Crippen LogP contribution in [0.5, 0.6) is 0 Å². The number of rotatable bonds is 1. The first-order valence-corrected chi connectivity index (χ1v) is 5.62. The molecule has 1 aromatic rings. The number of anilines is 2. The van der Waals surface area contributed by atoms with Crippen molar-refractivity contribution in [3.05, 3.63) is 24.3 Å². The lowest BCUT2D eigenvalue weighted by atomic mass is 10.2. The van der Waals surface area contributed by atoms with E-state index in [0.29, 0.717) is 6.54 Å². The summed E-state index contributed by atoms with van der Waals surface area (Å²) in [5, 5.41) is 9.84. The minimum absolute atomic E-state index is 0.287. The van der Waals surface area contributed by atoms with Crippen LogP contribution in [-0.2, 0) is 0 Å². The number of nitrogen functional groups attached to an aromatic ring is 1. The Labute approximate surface area is 96.3 Å². The minimum Gasteiger partial charge on any atom is -0.399 e. The molecule has 1 atom stereocenters. The number of β-amino-alcohol motifs (C(OH)–C–C–N with tert-alkyl or cyclic N) is 1. The lowest BCUT2D eigenvalue weighted by Crippen LogP contribution is -2.32. The van der Waals surface area contributed by atoms with Gasteiger partial charge in [-0.2, -0.15) is 0 Å². The van der Waals surface area contributed by atoms with Crippen molar-refractivity contribution in [2.75, 3.05) is 43.9 Å². The number of hydrogen-bond donors (Lipinski definition) is 2. The standard InChI is InChI=1S/C12H19N3O/c1-14-6-7-15(9-12(16)8-14)11-4-2-10(13)3-5-11/h2-5,12,16H,6-9,13H2,1H3. The monoisotopic (exact) mass is 221 g/mol. The molecule has 0 amide bonds. The van der Waals surface area contributed by atoms with Crippen molar-refractivity contribution in [3.63, 3.8) is 0 Å². The summed E-state index contributed by atoms with van der Waals surface area (Å²) in [6.07, 6.45) is -0.287. The Morgan fingerprint density at radius 2 is 1.88 bits per heavy atom. The Morgan fingerprint density at radius 1 is 1.19 bits per heavy atom. The minimum atomic E-state index is -0.287. The van der Waals surface area contributed by atoms with Crippen molar-refractivity contribution in [2.45, 2.75) is 6.10 Å². The summed E-state index contributed by atoms with van der Waals surface area (Å²) < 4.78 is 0. The molecule has 1 fully saturated rings. The maximum atomic E-state index is 9.84. The van der Waals surface area contributed by atoms with Gasteiger partial charge in [-0.15, -0.1) is 0 Å². The fraction of sp³-hybridized carbons (Fsp3) is 0.500. The van der Waals surface area contributed by atoms with E-state index >= 15 is 0 Å². The summed E-state index contributed by atoms with van der Waals surface area (Å²) in [4.78, 5) is 4.36. The van der Waals surface area contributed by atoms with E-state index in [2.05, 4.69) is 9.80 Å². The third-order valence-electron chi connectivity index (χ3n) is 2.96. The highest BCUT2D eigenvalue weighted by molar-refractivity contribution is 5.53. The smallest absolute Gasteiger partial charge is 0.0841 e. The van der Waals surface area contributed by atoms with E-state index in [1.54, 1.807) is 0 Å². The third-order valence-corrected chi connectivity index (χ3v) is 2.96. The predicted molar refractivity (Wildman–Crippen MR) is 66.6 cm³/mol. The van der Waals surface area contributed by atoms with E-state index in [0.717, 1.165) is 31.0 Å². The molecule has 88 valence electrons. The molecule has 1 aliphatic heterocycles. The van der Waals surface area contributed by atoms with Crippen LogP contribution in [0.4, 0.5) is 11.4 Å². The van der Waals surface area contributed by atoms with Gasteiger partial charge in [-0.3, -0.25) is 0 Å². The van der Waals surface area contributed by atoms with Gasteiger partial charge < -0.3 is 20.6 Å². The zero-order valence-corrected chi connectivity index (χ0v) is 9.63. The van der Waals surface area contributed by atoms with Crippen LogP contribution in [0.15, 0.2) is 24.3 Å². The molecule has 1 aromatic carbocycles. The summed E-state index contributed by atoms with van der Waals surface area (Å²) in [7, 11) is 2.04. The van der Waals surface area contributed by atoms with Gasteiger partial charge in [-0.05, 0) is 31.3 Å². The molecule has 1 aliphatic rings. The molecule has 0 aliphatic carbocycles. The van der Waals surface area contributed by atoms with Gasteiger partial charge in [0, 0.05) is 37.6 Å². The Morgan fingerprint density at radius 3 is 2.56 bits per heavy atom. The highest BCUT2D eigenvalue weighted by Gasteiger charge is 2.18. The van der Waals surface area contributed by atoms with Crippen molar-refractivity contribution in [1.29, 1.82) is 0 Å². The van der Waals surface area contributed by atoms with E-state index in [1.165, 1.54) is 0 Å². The van der Waals surface area contributed by atoms with Crippen molar-refractivity contribution >= 4 is 11.4 Å². The summed E-state index contributed by atoms with van der Waals surface area (Å²) in [6, 6.07) is 7.81. The number of hydrogen-bond acceptors (Lipinski definition) is 4. The van der Waals surface area contributed by atoms with Gasteiger partial charge in [0.15, 0.2) is 0 Å². The zero-order chi connectivity index (χ0) is 11.5. The van der Waals surface area contributed by atoms with E-state index in [-0.39, 0.29) is 6.10 Å². The summed E-state index contributed by atoms with van der Waals surface area (Å²) in [5.41, 5.74) is 7.56. The molecule has 4 heteroatoms. The second kappa shape index (κ2) is 4.72. The maximum absolute atomic E-state index is 9.84. The predicted octanol–water partition coefficient (Wildman–Crippen LogP) is 0.382. The van der Waals surface area contributed by atoms with Gasteiger partial charge in [0.1, 0.15) is 0 Å². The van der Waals surface area contributed by atoms with Gasteiger partial charge in [-0.25, -0.2) is 0 Å². The molecular weight excluding hydrogens is 202 g/mol. The summed E-state index contributed by atoms with van der Waals surface area (Å²) in [5.74, 6) is 0. The normalized spacial score (nSPS) is 23.1. The Hall–Kier alpha value is -1.26. The Bertz CT molecular complexity index is 339. The van der Waals surface area contributed by atoms with Crippen LogP contribution < -0.4 is 10.6 Å². The fourth-order valence-corrected chi connectivity index (χ4v) is 2.07. The van der Waals surface area contributed by atoms with Crippen LogP contribution in [0.1, 0.15) is 0 Å². The maximum Gasteiger partial charge on any atom is 0.0841 e.